The SMILES string of the molecule is COc1ccc(Cl)cc1N1C(=O)C[C@H]([NH2+]C(C)(C)C)C1=O. The Labute approximate surface area is 129 Å². The first-order chi connectivity index (χ1) is 9.73. The molecule has 0 aromatic heterocycles. The number of carbonyl (C=O) groups excluding carboxylic acids is 2. The Hall–Kier alpha value is -1.59. The number of nitrogens with zero attached hydrogens (tertiary/aromatic N) is 1. The van der Waals surface area contributed by atoms with Crippen molar-refractivity contribution in [3.05, 3.63) is 23.2 Å². The number of benzene rings is 1. The predicted molar refractivity (Wildman–Crippen MR) is 80.6 cm³/mol. The molecule has 21 heavy (non-hydrogen) atoms. The van der Waals surface area contributed by atoms with Gasteiger partial charge in [-0.1, -0.05) is 11.6 Å². The van der Waals surface area contributed by atoms with Gasteiger partial charge in [0.2, 0.25) is 5.91 Å². The molecule has 1 saturated heterocycles. The lowest BCUT2D eigenvalue weighted by molar-refractivity contribution is -0.734. The number of hydrogen-bond acceptors (Lipinski definition) is 3. The molecule has 1 atom stereocenters. The van der Waals surface area contributed by atoms with E-state index in [-0.39, 0.29) is 23.8 Å². The van der Waals surface area contributed by atoms with E-state index in [4.69, 9.17) is 16.3 Å². The maximum absolute atomic E-state index is 12.5. The second-order valence-electron chi connectivity index (χ2n) is 6.23. The molecule has 0 bridgehead atoms. The van der Waals surface area contributed by atoms with E-state index in [1.165, 1.54) is 12.0 Å². The van der Waals surface area contributed by atoms with Crippen LogP contribution in [0, 0.1) is 0 Å². The fourth-order valence-corrected chi connectivity index (χ4v) is 2.65. The van der Waals surface area contributed by atoms with Crippen LogP contribution in [-0.4, -0.2) is 30.5 Å². The highest BCUT2D eigenvalue weighted by Gasteiger charge is 2.44. The Kier molecular flexibility index (Phi) is 4.25. The summed E-state index contributed by atoms with van der Waals surface area (Å²) in [5.41, 5.74) is 0.277. The first-order valence-electron chi connectivity index (χ1n) is 6.79. The summed E-state index contributed by atoms with van der Waals surface area (Å²) in [5, 5.41) is 2.37. The van der Waals surface area contributed by atoms with E-state index in [2.05, 4.69) is 0 Å². The van der Waals surface area contributed by atoms with Crippen molar-refractivity contribution in [2.24, 2.45) is 0 Å². The molecule has 6 heteroatoms. The summed E-state index contributed by atoms with van der Waals surface area (Å²) >= 11 is 5.98. The molecule has 1 aliphatic heterocycles. The highest BCUT2D eigenvalue weighted by atomic mass is 35.5. The number of anilines is 1. The summed E-state index contributed by atoms with van der Waals surface area (Å²) in [4.78, 5) is 26.0. The first kappa shape index (κ1) is 15.8. The summed E-state index contributed by atoms with van der Waals surface area (Å²) in [6, 6.07) is 4.49. The summed E-state index contributed by atoms with van der Waals surface area (Å²) in [7, 11) is 1.50. The second kappa shape index (κ2) is 5.66. The van der Waals surface area contributed by atoms with E-state index < -0.39 is 6.04 Å². The number of imide groups is 1. The molecule has 114 valence electrons. The Morgan fingerprint density at radius 2 is 2.00 bits per heavy atom. The standard InChI is InChI=1S/C15H19ClN2O3/c1-15(2,3)17-10-8-13(19)18(14(10)20)11-7-9(16)5-6-12(11)21-4/h5-7,10,17H,8H2,1-4H3/p+1/t10-/m0/s1. The zero-order chi connectivity index (χ0) is 15.8. The van der Waals surface area contributed by atoms with Gasteiger partial charge in [0.1, 0.15) is 5.75 Å². The first-order valence-corrected chi connectivity index (χ1v) is 7.17. The summed E-state index contributed by atoms with van der Waals surface area (Å²) in [6.45, 7) is 6.02. The molecule has 0 spiro atoms. The second-order valence-corrected chi connectivity index (χ2v) is 6.66. The fourth-order valence-electron chi connectivity index (χ4n) is 2.48. The van der Waals surface area contributed by atoms with Crippen molar-refractivity contribution in [1.29, 1.82) is 0 Å². The Morgan fingerprint density at radius 3 is 2.57 bits per heavy atom. The number of carbonyl (C=O) groups is 2. The van der Waals surface area contributed by atoms with E-state index in [0.717, 1.165) is 0 Å². The van der Waals surface area contributed by atoms with Gasteiger partial charge in [-0.2, -0.15) is 0 Å². The van der Waals surface area contributed by atoms with E-state index >= 15 is 0 Å². The van der Waals surface area contributed by atoms with Crippen LogP contribution < -0.4 is 15.0 Å². The molecule has 1 heterocycles. The molecule has 0 saturated carbocycles. The maximum atomic E-state index is 12.5. The van der Waals surface area contributed by atoms with Crippen molar-refractivity contribution in [2.45, 2.75) is 38.8 Å². The van der Waals surface area contributed by atoms with Gasteiger partial charge in [-0.3, -0.25) is 9.59 Å². The summed E-state index contributed by atoms with van der Waals surface area (Å²) in [6.07, 6.45) is 0.186. The van der Waals surface area contributed by atoms with Crippen LogP contribution in [0.4, 0.5) is 5.69 Å². The van der Waals surface area contributed by atoms with Crippen molar-refractivity contribution in [3.63, 3.8) is 0 Å². The Morgan fingerprint density at radius 1 is 1.33 bits per heavy atom. The van der Waals surface area contributed by atoms with E-state index in [9.17, 15) is 9.59 Å². The Balaban J connectivity index is 2.35. The van der Waals surface area contributed by atoms with Crippen LogP contribution in [0.1, 0.15) is 27.2 Å². The number of quaternary nitrogens is 1. The average molecular weight is 312 g/mol. The van der Waals surface area contributed by atoms with Crippen LogP contribution >= 0.6 is 11.6 Å². The third kappa shape index (κ3) is 3.36. The van der Waals surface area contributed by atoms with Crippen molar-refractivity contribution in [1.82, 2.24) is 0 Å². The van der Waals surface area contributed by atoms with Crippen molar-refractivity contribution < 1.29 is 19.6 Å². The third-order valence-corrected chi connectivity index (χ3v) is 3.50. The quantitative estimate of drug-likeness (QED) is 0.857. The lowest BCUT2D eigenvalue weighted by Gasteiger charge is -2.21. The fraction of sp³-hybridized carbons (Fsp3) is 0.467. The number of halogens is 1. The largest absolute Gasteiger partial charge is 0.495 e. The highest BCUT2D eigenvalue weighted by molar-refractivity contribution is 6.31. The molecular formula is C15H20ClN2O3+. The molecule has 2 N–H and O–H groups in total. The predicted octanol–water partition coefficient (Wildman–Crippen LogP) is 1.34. The van der Waals surface area contributed by atoms with Gasteiger partial charge in [0, 0.05) is 5.02 Å². The van der Waals surface area contributed by atoms with Crippen molar-refractivity contribution in [3.8, 4) is 5.75 Å². The van der Waals surface area contributed by atoms with Crippen LogP contribution in [0.15, 0.2) is 18.2 Å². The van der Waals surface area contributed by atoms with Crippen molar-refractivity contribution >= 4 is 29.1 Å². The van der Waals surface area contributed by atoms with Gasteiger partial charge in [-0.25, -0.2) is 4.90 Å². The minimum absolute atomic E-state index is 0.130. The number of hydrogen-bond donors (Lipinski definition) is 1. The maximum Gasteiger partial charge on any atom is 0.292 e. The summed E-state index contributed by atoms with van der Waals surface area (Å²) < 4.78 is 5.23. The van der Waals surface area contributed by atoms with Gasteiger partial charge in [0.05, 0.1) is 24.8 Å². The van der Waals surface area contributed by atoms with Crippen LogP contribution in [0.5, 0.6) is 5.75 Å². The van der Waals surface area contributed by atoms with E-state index in [1.54, 1.807) is 18.2 Å². The zero-order valence-electron chi connectivity index (χ0n) is 12.6. The zero-order valence-corrected chi connectivity index (χ0v) is 13.4. The molecular weight excluding hydrogens is 292 g/mol. The highest BCUT2D eigenvalue weighted by Crippen LogP contribution is 2.34. The summed E-state index contributed by atoms with van der Waals surface area (Å²) in [5.74, 6) is -0.000864. The smallest absolute Gasteiger partial charge is 0.292 e. The van der Waals surface area contributed by atoms with Crippen LogP contribution in [0.25, 0.3) is 0 Å². The number of methoxy groups -OCH3 is 1. The molecule has 1 aliphatic rings. The number of rotatable bonds is 3. The van der Waals surface area contributed by atoms with E-state index in [0.29, 0.717) is 16.5 Å². The van der Waals surface area contributed by atoms with Gasteiger partial charge in [-0.05, 0) is 39.0 Å². The topological polar surface area (TPSA) is 63.2 Å². The molecule has 2 amide bonds. The van der Waals surface area contributed by atoms with Gasteiger partial charge >= 0.3 is 0 Å². The molecule has 0 radical (unpaired) electrons. The Bertz CT molecular complexity index is 581. The average Bonchev–Trinajstić information content (AvgIpc) is 2.62. The molecule has 2 rings (SSSR count). The molecule has 0 unspecified atom stereocenters. The van der Waals surface area contributed by atoms with Crippen LogP contribution in [-0.2, 0) is 9.59 Å². The van der Waals surface area contributed by atoms with Gasteiger partial charge in [0.25, 0.3) is 5.91 Å². The number of nitrogens with two attached hydrogens (primary N) is 1. The molecule has 1 aromatic carbocycles. The lowest BCUT2D eigenvalue weighted by atomic mass is 10.1. The lowest BCUT2D eigenvalue weighted by Crippen LogP contribution is -3.00. The molecule has 5 nitrogen and oxygen atoms in total. The minimum Gasteiger partial charge on any atom is -0.495 e. The van der Waals surface area contributed by atoms with Crippen LogP contribution in [0.2, 0.25) is 5.02 Å². The number of ether oxygens (including phenoxy) is 1. The molecule has 0 aliphatic carbocycles. The van der Waals surface area contributed by atoms with Gasteiger partial charge < -0.3 is 10.1 Å². The number of amides is 2. The minimum atomic E-state index is -0.402. The van der Waals surface area contributed by atoms with Gasteiger partial charge in [0.15, 0.2) is 6.04 Å². The van der Waals surface area contributed by atoms with Gasteiger partial charge in [-0.15, -0.1) is 0 Å². The third-order valence-electron chi connectivity index (χ3n) is 3.26. The van der Waals surface area contributed by atoms with Crippen molar-refractivity contribution in [2.75, 3.05) is 12.0 Å². The van der Waals surface area contributed by atoms with E-state index in [1.807, 2.05) is 26.1 Å². The normalized spacial score (nSPS) is 19.3. The monoisotopic (exact) mass is 311 g/mol. The van der Waals surface area contributed by atoms with Crippen LogP contribution in [0.3, 0.4) is 0 Å². The molecule has 1 aromatic rings. The molecule has 1 fully saturated rings.